The van der Waals surface area contributed by atoms with E-state index in [9.17, 15) is 16.8 Å². The molecule has 2 unspecified atom stereocenters. The molecule has 2 fully saturated rings. The van der Waals surface area contributed by atoms with Crippen molar-refractivity contribution in [3.63, 3.8) is 0 Å². The largest absolute Gasteiger partial charge is 0.377 e. The van der Waals surface area contributed by atoms with E-state index in [1.54, 1.807) is 0 Å². The monoisotopic (exact) mass is 538 g/mol. The minimum atomic E-state index is -3.43. The maximum absolute atomic E-state index is 12.1. The molecule has 9 nitrogen and oxygen atoms in total. The zero-order chi connectivity index (χ0) is 19.0. The first-order chi connectivity index (χ1) is 12.3. The van der Waals surface area contributed by atoms with Crippen LogP contribution in [0.3, 0.4) is 0 Å². The molecule has 2 saturated heterocycles. The number of hydrogen-bond donors (Lipinski definition) is 3. The normalized spacial score (nSPS) is 25.6. The topological polar surface area (TPSA) is 126 Å². The van der Waals surface area contributed by atoms with Gasteiger partial charge in [0.25, 0.3) is 0 Å². The van der Waals surface area contributed by atoms with Crippen LogP contribution < -0.4 is 15.4 Å². The molecule has 2 heterocycles. The van der Waals surface area contributed by atoms with Crippen molar-refractivity contribution in [2.45, 2.75) is 44.8 Å². The third kappa shape index (κ3) is 9.72. The van der Waals surface area contributed by atoms with Gasteiger partial charge in [-0.2, -0.15) is 0 Å². The molecule has 0 radical (unpaired) electrons. The summed E-state index contributed by atoms with van der Waals surface area (Å²) >= 11 is 0. The molecule has 0 aromatic rings. The fraction of sp³-hybridized carbons (Fsp3) is 0.933. The van der Waals surface area contributed by atoms with Gasteiger partial charge in [-0.25, -0.2) is 21.6 Å². The van der Waals surface area contributed by atoms with Crippen LogP contribution in [-0.4, -0.2) is 78.4 Å². The summed E-state index contributed by atoms with van der Waals surface area (Å²) in [6, 6.07) is -0.184. The van der Waals surface area contributed by atoms with Crippen molar-refractivity contribution in [3.8, 4) is 0 Å². The first-order valence-electron chi connectivity index (χ1n) is 9.14. The first kappa shape index (κ1) is 24.9. The summed E-state index contributed by atoms with van der Waals surface area (Å²) in [6.07, 6.45) is 3.45. The highest BCUT2D eigenvalue weighted by molar-refractivity contribution is 14.0. The smallest absolute Gasteiger partial charge is 0.213 e. The van der Waals surface area contributed by atoms with Crippen LogP contribution in [0.5, 0.6) is 0 Å². The molecule has 160 valence electrons. The molecule has 2 rings (SSSR count). The van der Waals surface area contributed by atoms with Crippen molar-refractivity contribution in [1.82, 2.24) is 15.4 Å². The minimum absolute atomic E-state index is 0. The lowest BCUT2D eigenvalue weighted by Crippen LogP contribution is -2.44. The second-order valence-corrected chi connectivity index (χ2v) is 10.8. The van der Waals surface area contributed by atoms with Gasteiger partial charge in [0.2, 0.25) is 10.0 Å². The number of guanidine groups is 1. The third-order valence-electron chi connectivity index (χ3n) is 4.35. The average Bonchev–Trinajstić information content (AvgIpc) is 2.93. The summed E-state index contributed by atoms with van der Waals surface area (Å²) in [4.78, 5) is 4.25. The molecule has 0 aromatic heterocycles. The lowest BCUT2D eigenvalue weighted by Gasteiger charge is -2.22. The number of halogens is 1. The van der Waals surface area contributed by atoms with Gasteiger partial charge in [-0.05, 0) is 32.6 Å². The number of sulfonamides is 1. The molecule has 2 aliphatic heterocycles. The summed E-state index contributed by atoms with van der Waals surface area (Å²) in [7, 11) is -6.41. The maximum atomic E-state index is 12.1. The fourth-order valence-corrected chi connectivity index (χ4v) is 5.55. The van der Waals surface area contributed by atoms with Crippen molar-refractivity contribution in [2.24, 2.45) is 4.99 Å². The van der Waals surface area contributed by atoms with Gasteiger partial charge in [0.1, 0.15) is 0 Å². The van der Waals surface area contributed by atoms with Crippen LogP contribution in [0.25, 0.3) is 0 Å². The quantitative estimate of drug-likeness (QED) is 0.223. The fourth-order valence-electron chi connectivity index (χ4n) is 2.96. The molecule has 0 aliphatic carbocycles. The predicted octanol–water partition coefficient (Wildman–Crippen LogP) is -0.165. The zero-order valence-electron chi connectivity index (χ0n) is 15.6. The molecule has 3 N–H and O–H groups in total. The van der Waals surface area contributed by atoms with Gasteiger partial charge in [0, 0.05) is 25.7 Å². The van der Waals surface area contributed by atoms with E-state index in [0.717, 1.165) is 19.3 Å². The Balaban J connectivity index is 0.00000364. The minimum Gasteiger partial charge on any atom is -0.377 e. The van der Waals surface area contributed by atoms with E-state index < -0.39 is 19.9 Å². The molecule has 0 amide bonds. The number of sulfone groups is 1. The summed E-state index contributed by atoms with van der Waals surface area (Å²) < 4.78 is 55.3. The Kier molecular flexibility index (Phi) is 10.8. The van der Waals surface area contributed by atoms with Gasteiger partial charge in [0.05, 0.1) is 29.9 Å². The Hall–Kier alpha value is -0.180. The van der Waals surface area contributed by atoms with Crippen LogP contribution in [0.4, 0.5) is 0 Å². The number of nitrogens with zero attached hydrogens (tertiary/aromatic N) is 1. The van der Waals surface area contributed by atoms with Crippen molar-refractivity contribution in [2.75, 3.05) is 43.5 Å². The summed E-state index contributed by atoms with van der Waals surface area (Å²) in [5.41, 5.74) is 0. The SMILES string of the molecule is CCNC(=NCCS(=O)(=O)NCC1CCCCO1)NC1CCS(=O)(=O)C1.I. The zero-order valence-corrected chi connectivity index (χ0v) is 19.6. The molecular weight excluding hydrogens is 507 g/mol. The Labute approximate surface area is 179 Å². The van der Waals surface area contributed by atoms with E-state index in [-0.39, 0.29) is 59.9 Å². The van der Waals surface area contributed by atoms with Crippen LogP contribution in [0.1, 0.15) is 32.6 Å². The van der Waals surface area contributed by atoms with Gasteiger partial charge in [0.15, 0.2) is 15.8 Å². The number of aliphatic imine (C=N–C) groups is 1. The van der Waals surface area contributed by atoms with Crippen molar-refractivity contribution in [3.05, 3.63) is 0 Å². The van der Waals surface area contributed by atoms with E-state index in [1.807, 2.05) is 6.92 Å². The number of nitrogens with one attached hydrogen (secondary N) is 3. The van der Waals surface area contributed by atoms with Gasteiger partial charge in [-0.1, -0.05) is 0 Å². The van der Waals surface area contributed by atoms with E-state index in [1.165, 1.54) is 0 Å². The highest BCUT2D eigenvalue weighted by Crippen LogP contribution is 2.12. The summed E-state index contributed by atoms with van der Waals surface area (Å²) in [5.74, 6) is 0.573. The van der Waals surface area contributed by atoms with Crippen molar-refractivity contribution < 1.29 is 21.6 Å². The molecule has 2 aliphatic rings. The van der Waals surface area contributed by atoms with Crippen LogP contribution in [0.15, 0.2) is 4.99 Å². The van der Waals surface area contributed by atoms with Crippen LogP contribution in [0.2, 0.25) is 0 Å². The Morgan fingerprint density at radius 1 is 1.26 bits per heavy atom. The maximum Gasteiger partial charge on any atom is 0.213 e. The Bertz CT molecular complexity index is 678. The van der Waals surface area contributed by atoms with E-state index >= 15 is 0 Å². The molecule has 0 saturated carbocycles. The molecule has 0 aromatic carbocycles. The average molecular weight is 538 g/mol. The van der Waals surface area contributed by atoms with Gasteiger partial charge < -0.3 is 15.4 Å². The van der Waals surface area contributed by atoms with E-state index in [2.05, 4.69) is 20.3 Å². The third-order valence-corrected chi connectivity index (χ3v) is 7.45. The van der Waals surface area contributed by atoms with Crippen LogP contribution >= 0.6 is 24.0 Å². The Morgan fingerprint density at radius 3 is 2.63 bits per heavy atom. The second kappa shape index (κ2) is 11.7. The van der Waals surface area contributed by atoms with E-state index in [4.69, 9.17) is 4.74 Å². The molecule has 12 heteroatoms. The van der Waals surface area contributed by atoms with Gasteiger partial charge in [-0.3, -0.25) is 4.99 Å². The lowest BCUT2D eigenvalue weighted by atomic mass is 10.1. The number of rotatable bonds is 8. The van der Waals surface area contributed by atoms with Gasteiger partial charge in [-0.15, -0.1) is 24.0 Å². The molecule has 0 spiro atoms. The molecule has 27 heavy (non-hydrogen) atoms. The second-order valence-electron chi connectivity index (χ2n) is 6.66. The van der Waals surface area contributed by atoms with Gasteiger partial charge >= 0.3 is 0 Å². The van der Waals surface area contributed by atoms with Crippen LogP contribution in [-0.2, 0) is 24.6 Å². The number of ether oxygens (including phenoxy) is 1. The molecular formula is C15H31IN4O5S2. The lowest BCUT2D eigenvalue weighted by molar-refractivity contribution is 0.0200. The highest BCUT2D eigenvalue weighted by atomic mass is 127. The van der Waals surface area contributed by atoms with Crippen molar-refractivity contribution >= 4 is 49.8 Å². The van der Waals surface area contributed by atoms with Crippen LogP contribution in [0, 0.1) is 0 Å². The molecule has 2 atom stereocenters. The summed E-state index contributed by atoms with van der Waals surface area (Å²) in [5, 5.41) is 6.08. The standard InChI is InChI=1S/C15H30N4O5S2.HI/c1-2-16-15(19-13-6-9-25(20,21)12-13)17-7-10-26(22,23)18-11-14-5-3-4-8-24-14;/h13-14,18H,2-12H2,1H3,(H2,16,17,19);1H. The molecule has 0 bridgehead atoms. The number of hydrogen-bond acceptors (Lipinski definition) is 6. The van der Waals surface area contributed by atoms with Crippen molar-refractivity contribution in [1.29, 1.82) is 0 Å². The first-order valence-corrected chi connectivity index (χ1v) is 12.6. The summed E-state index contributed by atoms with van der Waals surface area (Å²) in [6.45, 7) is 3.58. The van der Waals surface area contributed by atoms with E-state index in [0.29, 0.717) is 32.1 Å². The predicted molar refractivity (Wildman–Crippen MR) is 117 cm³/mol. The Morgan fingerprint density at radius 2 is 2.04 bits per heavy atom. The highest BCUT2D eigenvalue weighted by Gasteiger charge is 2.28.